The van der Waals surface area contributed by atoms with Gasteiger partial charge in [0.05, 0.1) is 24.3 Å². The van der Waals surface area contributed by atoms with Crippen molar-refractivity contribution >= 4 is 21.9 Å². The van der Waals surface area contributed by atoms with Crippen LogP contribution in [0.5, 0.6) is 0 Å². The van der Waals surface area contributed by atoms with Gasteiger partial charge in [0.2, 0.25) is 0 Å². The largest absolute Gasteiger partial charge is 0.478 e. The number of carboxylic acid groups (broad SMARTS) is 1. The van der Waals surface area contributed by atoms with Crippen molar-refractivity contribution in [1.82, 2.24) is 9.42 Å². The molecule has 112 valence electrons. The minimum Gasteiger partial charge on any atom is -0.478 e. The summed E-state index contributed by atoms with van der Waals surface area (Å²) in [6.45, 7) is 1.22. The Hall–Kier alpha value is -1.97. The minimum atomic E-state index is -4.06. The van der Waals surface area contributed by atoms with Crippen LogP contribution in [0.2, 0.25) is 0 Å². The van der Waals surface area contributed by atoms with Crippen molar-refractivity contribution in [3.8, 4) is 0 Å². The number of nitrogens with zero attached hydrogens (tertiary/aromatic N) is 2. The van der Waals surface area contributed by atoms with Crippen molar-refractivity contribution < 1.29 is 27.9 Å². The van der Waals surface area contributed by atoms with Crippen LogP contribution >= 0.6 is 0 Å². The summed E-state index contributed by atoms with van der Waals surface area (Å²) in [5, 5.41) is 10.4. The maximum Gasteiger partial charge on any atom is 0.335 e. The van der Waals surface area contributed by atoms with Crippen LogP contribution in [0.3, 0.4) is 0 Å². The van der Waals surface area contributed by atoms with Crippen LogP contribution < -0.4 is 0 Å². The van der Waals surface area contributed by atoms with Crippen molar-refractivity contribution in [3.63, 3.8) is 0 Å². The highest BCUT2D eigenvalue weighted by Gasteiger charge is 2.45. The number of hydrogen-bond donors (Lipinski definition) is 1. The van der Waals surface area contributed by atoms with Gasteiger partial charge in [0.1, 0.15) is 4.90 Å². The fourth-order valence-electron chi connectivity index (χ4n) is 2.37. The first-order valence-electron chi connectivity index (χ1n) is 6.22. The van der Waals surface area contributed by atoms with E-state index in [1.807, 2.05) is 0 Å². The number of fused-ring (bicyclic) bond motifs is 1. The van der Waals surface area contributed by atoms with Gasteiger partial charge in [-0.25, -0.2) is 4.79 Å². The number of sulfonamides is 1. The molecule has 21 heavy (non-hydrogen) atoms. The van der Waals surface area contributed by atoms with Crippen LogP contribution in [0.4, 0.5) is 0 Å². The van der Waals surface area contributed by atoms with E-state index in [9.17, 15) is 18.0 Å². The molecule has 0 bridgehead atoms. The molecule has 2 aliphatic heterocycles. The lowest BCUT2D eigenvalue weighted by Crippen LogP contribution is -2.51. The first-order valence-corrected chi connectivity index (χ1v) is 7.66. The third kappa shape index (κ3) is 2.09. The molecule has 1 amide bonds. The Morgan fingerprint density at radius 2 is 1.90 bits per heavy atom. The topological polar surface area (TPSA) is 104 Å². The number of benzene rings is 1. The van der Waals surface area contributed by atoms with Crippen molar-refractivity contribution in [2.24, 2.45) is 0 Å². The highest BCUT2D eigenvalue weighted by Crippen LogP contribution is 2.32. The summed E-state index contributed by atoms with van der Waals surface area (Å²) >= 11 is 0. The number of aromatic carboxylic acids is 1. The van der Waals surface area contributed by atoms with E-state index < -0.39 is 21.9 Å². The lowest BCUT2D eigenvalue weighted by atomic mass is 10.1. The van der Waals surface area contributed by atoms with Gasteiger partial charge in [0, 0.05) is 13.1 Å². The molecule has 1 aromatic rings. The lowest BCUT2D eigenvalue weighted by molar-refractivity contribution is -0.0300. The van der Waals surface area contributed by atoms with E-state index in [0.29, 0.717) is 17.6 Å². The molecule has 8 nitrogen and oxygen atoms in total. The van der Waals surface area contributed by atoms with Gasteiger partial charge >= 0.3 is 5.97 Å². The number of amides is 1. The molecule has 0 aliphatic carbocycles. The fourth-order valence-corrected chi connectivity index (χ4v) is 4.05. The Bertz CT molecular complexity index is 723. The van der Waals surface area contributed by atoms with E-state index >= 15 is 0 Å². The summed E-state index contributed by atoms with van der Waals surface area (Å²) in [5.41, 5.74) is -0.180. The van der Waals surface area contributed by atoms with Crippen molar-refractivity contribution in [3.05, 3.63) is 29.3 Å². The van der Waals surface area contributed by atoms with Crippen LogP contribution in [0.15, 0.2) is 23.1 Å². The maximum absolute atomic E-state index is 12.5. The molecule has 1 N–H and O–H groups in total. The van der Waals surface area contributed by atoms with Crippen molar-refractivity contribution in [2.75, 3.05) is 26.3 Å². The van der Waals surface area contributed by atoms with Gasteiger partial charge < -0.3 is 9.84 Å². The molecule has 1 saturated heterocycles. The Kier molecular flexibility index (Phi) is 3.19. The molecule has 0 atom stereocenters. The quantitative estimate of drug-likeness (QED) is 0.804. The standard InChI is InChI=1S/C12H12N2O6S/c15-11-9-2-1-8(12(16)17)7-10(9)21(18,19)14(11)13-3-5-20-6-4-13/h1-2,7H,3-6H2,(H,16,17). The molecule has 1 aromatic carbocycles. The molecule has 0 unspecified atom stereocenters. The summed E-state index contributed by atoms with van der Waals surface area (Å²) in [6, 6.07) is 3.47. The van der Waals surface area contributed by atoms with Crippen LogP contribution in [0.25, 0.3) is 0 Å². The van der Waals surface area contributed by atoms with E-state index in [2.05, 4.69) is 0 Å². The molecule has 0 spiro atoms. The molecular weight excluding hydrogens is 300 g/mol. The van der Waals surface area contributed by atoms with Crippen LogP contribution in [-0.2, 0) is 14.8 Å². The monoisotopic (exact) mass is 312 g/mol. The van der Waals surface area contributed by atoms with Gasteiger partial charge in [-0.15, -0.1) is 0 Å². The average molecular weight is 312 g/mol. The summed E-state index contributed by atoms with van der Waals surface area (Å²) in [4.78, 5) is 23.0. The molecule has 0 radical (unpaired) electrons. The third-order valence-electron chi connectivity index (χ3n) is 3.38. The summed E-state index contributed by atoms with van der Waals surface area (Å²) in [5.74, 6) is -1.91. The summed E-state index contributed by atoms with van der Waals surface area (Å²) in [7, 11) is -4.06. The van der Waals surface area contributed by atoms with Gasteiger partial charge in [-0.1, -0.05) is 0 Å². The number of hydrazine groups is 1. The fraction of sp³-hybridized carbons (Fsp3) is 0.333. The highest BCUT2D eigenvalue weighted by atomic mass is 32.2. The van der Waals surface area contributed by atoms with E-state index in [1.165, 1.54) is 17.1 Å². The molecule has 3 rings (SSSR count). The van der Waals surface area contributed by atoms with Gasteiger partial charge in [0.15, 0.2) is 0 Å². The number of carbonyl (C=O) groups excluding carboxylic acids is 1. The number of rotatable bonds is 2. The molecule has 9 heteroatoms. The second-order valence-electron chi connectivity index (χ2n) is 4.64. The first-order chi connectivity index (χ1) is 9.93. The lowest BCUT2D eigenvalue weighted by Gasteiger charge is -2.32. The van der Waals surface area contributed by atoms with Gasteiger partial charge in [-0.3, -0.25) is 4.79 Å². The number of hydrogen-bond acceptors (Lipinski definition) is 6. The van der Waals surface area contributed by atoms with E-state index in [0.717, 1.165) is 6.07 Å². The summed E-state index contributed by atoms with van der Waals surface area (Å²) in [6.07, 6.45) is 0. The SMILES string of the molecule is O=C(O)c1ccc2c(c1)S(=O)(=O)N(N1CCOCC1)C2=O. The Morgan fingerprint density at radius 3 is 2.52 bits per heavy atom. The second-order valence-corrected chi connectivity index (χ2v) is 6.37. The average Bonchev–Trinajstić information content (AvgIpc) is 2.66. The normalized spacial score (nSPS) is 21.3. The van der Waals surface area contributed by atoms with Crippen LogP contribution in [0, 0.1) is 0 Å². The van der Waals surface area contributed by atoms with Gasteiger partial charge in [0.25, 0.3) is 15.9 Å². The highest BCUT2D eigenvalue weighted by molar-refractivity contribution is 7.90. The Morgan fingerprint density at radius 1 is 1.24 bits per heavy atom. The number of ether oxygens (including phenoxy) is 1. The smallest absolute Gasteiger partial charge is 0.335 e. The Labute approximate surface area is 120 Å². The summed E-state index contributed by atoms with van der Waals surface area (Å²) < 4.78 is 30.8. The molecule has 2 aliphatic rings. The van der Waals surface area contributed by atoms with Crippen LogP contribution in [0.1, 0.15) is 20.7 Å². The van der Waals surface area contributed by atoms with Crippen molar-refractivity contribution in [1.29, 1.82) is 0 Å². The molecule has 0 saturated carbocycles. The van der Waals surface area contributed by atoms with Crippen molar-refractivity contribution in [2.45, 2.75) is 4.90 Å². The zero-order chi connectivity index (χ0) is 15.2. The Balaban J connectivity index is 2.08. The molecular formula is C12H12N2O6S. The first kappa shape index (κ1) is 14.0. The van der Waals surface area contributed by atoms with Crippen LogP contribution in [-0.4, -0.2) is 61.1 Å². The molecule has 0 aromatic heterocycles. The number of carboxylic acids is 1. The number of morpholine rings is 1. The zero-order valence-electron chi connectivity index (χ0n) is 10.9. The molecule has 2 heterocycles. The zero-order valence-corrected chi connectivity index (χ0v) is 11.7. The van der Waals surface area contributed by atoms with E-state index in [1.54, 1.807) is 0 Å². The predicted octanol–water partition coefficient (Wildman–Crippen LogP) is -0.224. The number of carbonyl (C=O) groups is 2. The minimum absolute atomic E-state index is 0.00788. The maximum atomic E-state index is 12.5. The third-order valence-corrected chi connectivity index (χ3v) is 5.13. The predicted molar refractivity (Wildman–Crippen MR) is 69.1 cm³/mol. The van der Waals surface area contributed by atoms with Gasteiger partial charge in [-0.05, 0) is 18.2 Å². The van der Waals surface area contributed by atoms with Gasteiger partial charge in [-0.2, -0.15) is 17.8 Å². The second kappa shape index (κ2) is 4.79. The van der Waals surface area contributed by atoms with E-state index in [4.69, 9.17) is 9.84 Å². The molecule has 1 fully saturated rings. The van der Waals surface area contributed by atoms with E-state index in [-0.39, 0.29) is 29.1 Å².